The van der Waals surface area contributed by atoms with E-state index in [0.717, 1.165) is 0 Å². The van der Waals surface area contributed by atoms with Crippen molar-refractivity contribution < 1.29 is 16.8 Å². The van der Waals surface area contributed by atoms with E-state index in [-0.39, 0.29) is 11.4 Å². The molecule has 0 spiro atoms. The molecule has 118 valence electrons. The Morgan fingerprint density at radius 2 is 1.86 bits per heavy atom. The standard InChI is InChI=1S/C9H12ClN3O6S2/c1-4-7(8(14)12-9(15)11-4)21(18,19)13-6-3-20(16,17)2-5(6)10/h5-6,13H,2-3H2,1H3,(H2,11,12,14,15). The van der Waals surface area contributed by atoms with Crippen LogP contribution in [0.15, 0.2) is 14.5 Å². The molecule has 12 heteroatoms. The molecule has 3 N–H and O–H groups in total. The molecule has 0 aromatic carbocycles. The molecule has 0 radical (unpaired) electrons. The number of hydrogen-bond donors (Lipinski definition) is 3. The second-order valence-electron chi connectivity index (χ2n) is 4.68. The lowest BCUT2D eigenvalue weighted by atomic mass is 10.3. The summed E-state index contributed by atoms with van der Waals surface area (Å²) >= 11 is 5.81. The predicted molar refractivity (Wildman–Crippen MR) is 74.8 cm³/mol. The van der Waals surface area contributed by atoms with Crippen LogP contribution >= 0.6 is 11.6 Å². The van der Waals surface area contributed by atoms with Gasteiger partial charge in [-0.1, -0.05) is 0 Å². The van der Waals surface area contributed by atoms with E-state index in [1.807, 2.05) is 0 Å². The third-order valence-electron chi connectivity index (χ3n) is 2.93. The normalized spacial score (nSPS) is 25.0. The Balaban J connectivity index is 2.41. The quantitative estimate of drug-likeness (QED) is 0.536. The van der Waals surface area contributed by atoms with Gasteiger partial charge in [0.1, 0.15) is 0 Å². The molecule has 2 atom stereocenters. The van der Waals surface area contributed by atoms with Gasteiger partial charge in [-0.2, -0.15) is 0 Å². The number of rotatable bonds is 3. The summed E-state index contributed by atoms with van der Waals surface area (Å²) in [6.45, 7) is 1.24. The van der Waals surface area contributed by atoms with Crippen molar-refractivity contribution in [2.45, 2.75) is 23.2 Å². The van der Waals surface area contributed by atoms with Gasteiger partial charge in [0.25, 0.3) is 5.56 Å². The Labute approximate surface area is 124 Å². The van der Waals surface area contributed by atoms with Gasteiger partial charge in [-0.3, -0.25) is 9.78 Å². The number of sulfone groups is 1. The van der Waals surface area contributed by atoms with Crippen LogP contribution in [0.1, 0.15) is 5.69 Å². The highest BCUT2D eigenvalue weighted by molar-refractivity contribution is 7.92. The number of aromatic nitrogens is 2. The second kappa shape index (κ2) is 5.23. The van der Waals surface area contributed by atoms with Gasteiger partial charge in [0, 0.05) is 5.69 Å². The van der Waals surface area contributed by atoms with Crippen molar-refractivity contribution in [3.05, 3.63) is 26.5 Å². The van der Waals surface area contributed by atoms with Crippen molar-refractivity contribution in [1.29, 1.82) is 0 Å². The first-order valence-corrected chi connectivity index (χ1v) is 9.46. The highest BCUT2D eigenvalue weighted by Crippen LogP contribution is 2.20. The molecule has 0 saturated carbocycles. The van der Waals surface area contributed by atoms with Crippen LogP contribution in [-0.4, -0.2) is 49.7 Å². The largest absolute Gasteiger partial charge is 0.325 e. The molecule has 0 bridgehead atoms. The molecule has 2 heterocycles. The van der Waals surface area contributed by atoms with E-state index in [4.69, 9.17) is 11.6 Å². The third kappa shape index (κ3) is 3.36. The molecule has 1 aliphatic rings. The summed E-state index contributed by atoms with van der Waals surface area (Å²) in [6, 6.07) is -1.03. The second-order valence-corrected chi connectivity index (χ2v) is 9.05. The first-order chi connectivity index (χ1) is 9.52. The summed E-state index contributed by atoms with van der Waals surface area (Å²) in [4.78, 5) is 26.0. The minimum Gasteiger partial charge on any atom is -0.310 e. The molecule has 0 amide bonds. The number of sulfonamides is 1. The summed E-state index contributed by atoms with van der Waals surface area (Å²) < 4.78 is 49.3. The van der Waals surface area contributed by atoms with Gasteiger partial charge in [0.05, 0.1) is 22.9 Å². The maximum atomic E-state index is 12.2. The molecule has 2 unspecified atom stereocenters. The Morgan fingerprint density at radius 3 is 2.33 bits per heavy atom. The van der Waals surface area contributed by atoms with Crippen LogP contribution in [0, 0.1) is 6.92 Å². The Bertz CT molecular complexity index is 885. The first kappa shape index (κ1) is 16.2. The van der Waals surface area contributed by atoms with Gasteiger partial charge in [-0.05, 0) is 6.92 Å². The average Bonchev–Trinajstić information content (AvgIpc) is 2.48. The molecule has 1 aliphatic heterocycles. The minimum absolute atomic E-state index is 0.150. The van der Waals surface area contributed by atoms with E-state index < -0.39 is 53.2 Å². The maximum Gasteiger partial charge on any atom is 0.325 e. The molecule has 1 saturated heterocycles. The fourth-order valence-electron chi connectivity index (χ4n) is 2.08. The number of hydrogen-bond acceptors (Lipinski definition) is 6. The monoisotopic (exact) mass is 357 g/mol. The number of nitrogens with one attached hydrogen (secondary N) is 3. The fraction of sp³-hybridized carbons (Fsp3) is 0.556. The van der Waals surface area contributed by atoms with Gasteiger partial charge in [0.2, 0.25) is 10.0 Å². The molecule has 9 nitrogen and oxygen atoms in total. The van der Waals surface area contributed by atoms with Crippen LogP contribution in [0.2, 0.25) is 0 Å². The van der Waals surface area contributed by atoms with E-state index in [1.54, 1.807) is 4.98 Å². The lowest BCUT2D eigenvalue weighted by molar-refractivity contribution is 0.560. The van der Waals surface area contributed by atoms with Crippen molar-refractivity contribution in [2.24, 2.45) is 0 Å². The van der Waals surface area contributed by atoms with Crippen LogP contribution in [-0.2, 0) is 19.9 Å². The smallest absolute Gasteiger partial charge is 0.310 e. The molecular weight excluding hydrogens is 346 g/mol. The number of alkyl halides is 1. The van der Waals surface area contributed by atoms with Crippen molar-refractivity contribution in [3.63, 3.8) is 0 Å². The van der Waals surface area contributed by atoms with Gasteiger partial charge in [0.15, 0.2) is 14.7 Å². The van der Waals surface area contributed by atoms with E-state index in [9.17, 15) is 26.4 Å². The molecular formula is C9H12ClN3O6S2. The van der Waals surface area contributed by atoms with Gasteiger partial charge in [-0.15, -0.1) is 11.6 Å². The van der Waals surface area contributed by atoms with Crippen molar-refractivity contribution in [2.75, 3.05) is 11.5 Å². The number of H-pyrrole nitrogens is 2. The molecule has 1 aromatic heterocycles. The lowest BCUT2D eigenvalue weighted by Gasteiger charge is -2.14. The van der Waals surface area contributed by atoms with Crippen LogP contribution < -0.4 is 16.0 Å². The Hall–Kier alpha value is -1.17. The summed E-state index contributed by atoms with van der Waals surface area (Å²) in [7, 11) is -7.75. The summed E-state index contributed by atoms with van der Waals surface area (Å²) in [5.74, 6) is -0.788. The third-order valence-corrected chi connectivity index (χ3v) is 6.95. The zero-order chi connectivity index (χ0) is 16.0. The zero-order valence-electron chi connectivity index (χ0n) is 10.7. The van der Waals surface area contributed by atoms with Crippen LogP contribution in [0.3, 0.4) is 0 Å². The van der Waals surface area contributed by atoms with E-state index >= 15 is 0 Å². The summed E-state index contributed by atoms with van der Waals surface area (Å²) in [5.41, 5.74) is -2.07. The maximum absolute atomic E-state index is 12.2. The average molecular weight is 358 g/mol. The minimum atomic E-state index is -4.32. The van der Waals surface area contributed by atoms with Gasteiger partial charge in [-0.25, -0.2) is 26.4 Å². The SMILES string of the molecule is Cc1[nH]c(=O)[nH]c(=O)c1S(=O)(=O)NC1CS(=O)(=O)CC1Cl. The highest BCUT2D eigenvalue weighted by atomic mass is 35.5. The van der Waals surface area contributed by atoms with Crippen LogP contribution in [0.4, 0.5) is 0 Å². The van der Waals surface area contributed by atoms with Gasteiger partial charge >= 0.3 is 5.69 Å². The van der Waals surface area contributed by atoms with E-state index in [1.165, 1.54) is 6.92 Å². The Kier molecular flexibility index (Phi) is 4.04. The van der Waals surface area contributed by atoms with Crippen molar-refractivity contribution in [3.8, 4) is 0 Å². The molecule has 2 rings (SSSR count). The molecule has 21 heavy (non-hydrogen) atoms. The van der Waals surface area contributed by atoms with Crippen molar-refractivity contribution in [1.82, 2.24) is 14.7 Å². The van der Waals surface area contributed by atoms with Crippen molar-refractivity contribution >= 4 is 31.5 Å². The number of halogens is 1. The number of aromatic amines is 2. The number of aryl methyl sites for hydroxylation is 1. The zero-order valence-corrected chi connectivity index (χ0v) is 13.1. The van der Waals surface area contributed by atoms with Crippen LogP contribution in [0.25, 0.3) is 0 Å². The highest BCUT2D eigenvalue weighted by Gasteiger charge is 2.39. The first-order valence-electron chi connectivity index (χ1n) is 5.72. The summed E-state index contributed by atoms with van der Waals surface area (Å²) in [5, 5.41) is -0.924. The van der Waals surface area contributed by atoms with E-state index in [0.29, 0.717) is 0 Å². The predicted octanol–water partition coefficient (Wildman–Crippen LogP) is -1.95. The topological polar surface area (TPSA) is 146 Å². The molecule has 0 aliphatic carbocycles. The summed E-state index contributed by atoms with van der Waals surface area (Å²) in [6.07, 6.45) is 0. The Morgan fingerprint density at radius 1 is 1.24 bits per heavy atom. The van der Waals surface area contributed by atoms with Gasteiger partial charge < -0.3 is 4.98 Å². The van der Waals surface area contributed by atoms with Crippen LogP contribution in [0.5, 0.6) is 0 Å². The molecule has 1 aromatic rings. The lowest BCUT2D eigenvalue weighted by Crippen LogP contribution is -2.43. The molecule has 1 fully saturated rings. The fourth-order valence-corrected chi connectivity index (χ4v) is 6.33. The van der Waals surface area contributed by atoms with E-state index in [2.05, 4.69) is 9.71 Å².